The Labute approximate surface area is 183 Å². The molecule has 2 aromatic carbocycles. The fourth-order valence-electron chi connectivity index (χ4n) is 4.95. The fraction of sp³-hybridized carbons (Fsp3) is 0.318. The van der Waals surface area contributed by atoms with Crippen molar-refractivity contribution in [2.75, 3.05) is 36.5 Å². The standard InChI is InChI=1S/C22H20ClFN4O3/c1-26-9-10-27-17-4-2-3-16(23)15(17)11-22(18(27)12-26)19(29)25-21(31)28(20(22)30)14-7-5-13(24)6-8-14/h2-8,18H,9-12H2,1H3,(H,25,29,31)/t18-,22+/m1/s1. The lowest BCUT2D eigenvalue weighted by Crippen LogP contribution is -2.75. The molecule has 3 aliphatic heterocycles. The first-order valence-corrected chi connectivity index (χ1v) is 10.4. The molecule has 0 unspecified atom stereocenters. The predicted molar refractivity (Wildman–Crippen MR) is 114 cm³/mol. The maximum Gasteiger partial charge on any atom is 0.335 e. The topological polar surface area (TPSA) is 73.0 Å². The minimum Gasteiger partial charge on any atom is -0.364 e. The van der Waals surface area contributed by atoms with E-state index >= 15 is 0 Å². The number of rotatable bonds is 1. The van der Waals surface area contributed by atoms with E-state index < -0.39 is 35.1 Å². The lowest BCUT2D eigenvalue weighted by atomic mass is 9.67. The molecule has 31 heavy (non-hydrogen) atoms. The monoisotopic (exact) mass is 442 g/mol. The Morgan fingerprint density at radius 1 is 1.10 bits per heavy atom. The van der Waals surface area contributed by atoms with Gasteiger partial charge in [-0.25, -0.2) is 14.1 Å². The number of nitrogens with one attached hydrogen (secondary N) is 1. The second kappa shape index (κ2) is 7.03. The highest BCUT2D eigenvalue weighted by molar-refractivity contribution is 6.33. The highest BCUT2D eigenvalue weighted by Gasteiger charge is 2.63. The summed E-state index contributed by atoms with van der Waals surface area (Å²) in [5.74, 6) is -1.74. The van der Waals surface area contributed by atoms with E-state index in [0.29, 0.717) is 23.7 Å². The number of barbiturate groups is 1. The first kappa shape index (κ1) is 20.0. The third-order valence-corrected chi connectivity index (χ3v) is 6.86. The van der Waals surface area contributed by atoms with Gasteiger partial charge >= 0.3 is 6.03 Å². The number of benzene rings is 2. The summed E-state index contributed by atoms with van der Waals surface area (Å²) in [5, 5.41) is 2.85. The van der Waals surface area contributed by atoms with E-state index in [-0.39, 0.29) is 12.1 Å². The van der Waals surface area contributed by atoms with Gasteiger partial charge in [-0.2, -0.15) is 0 Å². The van der Waals surface area contributed by atoms with Crippen LogP contribution in [0.25, 0.3) is 0 Å². The zero-order chi connectivity index (χ0) is 21.9. The van der Waals surface area contributed by atoms with Crippen molar-refractivity contribution in [3.8, 4) is 0 Å². The predicted octanol–water partition coefficient (Wildman–Crippen LogP) is 2.43. The summed E-state index contributed by atoms with van der Waals surface area (Å²) in [4.78, 5) is 45.1. The van der Waals surface area contributed by atoms with E-state index in [9.17, 15) is 18.8 Å². The number of carbonyl (C=O) groups excluding carboxylic acids is 3. The van der Waals surface area contributed by atoms with Gasteiger partial charge < -0.3 is 9.80 Å². The zero-order valence-corrected chi connectivity index (χ0v) is 17.5. The molecule has 0 radical (unpaired) electrons. The molecule has 9 heteroatoms. The molecule has 0 aliphatic carbocycles. The summed E-state index contributed by atoms with van der Waals surface area (Å²) in [5.41, 5.74) is 0.273. The average Bonchev–Trinajstić information content (AvgIpc) is 2.74. The molecule has 0 aromatic heterocycles. The number of fused-ring (bicyclic) bond motifs is 4. The number of hydrogen-bond donors (Lipinski definition) is 1. The van der Waals surface area contributed by atoms with Crippen molar-refractivity contribution in [3.05, 3.63) is 58.9 Å². The van der Waals surface area contributed by atoms with Crippen LogP contribution in [-0.4, -0.2) is 55.5 Å². The van der Waals surface area contributed by atoms with Crippen molar-refractivity contribution >= 4 is 40.8 Å². The Morgan fingerprint density at radius 3 is 2.58 bits per heavy atom. The molecule has 1 N–H and O–H groups in total. The first-order chi connectivity index (χ1) is 14.8. The van der Waals surface area contributed by atoms with Gasteiger partial charge in [0.2, 0.25) is 5.91 Å². The van der Waals surface area contributed by atoms with Crippen molar-refractivity contribution < 1.29 is 18.8 Å². The van der Waals surface area contributed by atoms with Crippen LogP contribution in [0.3, 0.4) is 0 Å². The molecule has 7 nitrogen and oxygen atoms in total. The summed E-state index contributed by atoms with van der Waals surface area (Å²) in [7, 11) is 1.94. The second-order valence-electron chi connectivity index (χ2n) is 8.23. The molecule has 0 bridgehead atoms. The Morgan fingerprint density at radius 2 is 1.84 bits per heavy atom. The van der Waals surface area contributed by atoms with Crippen LogP contribution in [-0.2, 0) is 16.0 Å². The van der Waals surface area contributed by atoms with Crippen molar-refractivity contribution in [2.45, 2.75) is 12.5 Å². The molecule has 2 saturated heterocycles. The van der Waals surface area contributed by atoms with Gasteiger partial charge in [-0.3, -0.25) is 14.9 Å². The van der Waals surface area contributed by atoms with Gasteiger partial charge in [0.25, 0.3) is 5.91 Å². The molecule has 0 saturated carbocycles. The third-order valence-electron chi connectivity index (χ3n) is 6.51. The maximum absolute atomic E-state index is 14.0. The molecule has 2 atom stereocenters. The number of likely N-dealkylation sites (N-methyl/N-ethyl adjacent to an activating group) is 1. The number of imide groups is 2. The Hall–Kier alpha value is -2.97. The van der Waals surface area contributed by atoms with Crippen LogP contribution in [0.15, 0.2) is 42.5 Å². The number of piperazine rings is 1. The molecular weight excluding hydrogens is 423 g/mol. The summed E-state index contributed by atoms with van der Waals surface area (Å²) < 4.78 is 13.4. The second-order valence-corrected chi connectivity index (χ2v) is 8.64. The van der Waals surface area contributed by atoms with Crippen LogP contribution in [0.5, 0.6) is 0 Å². The molecule has 160 valence electrons. The smallest absolute Gasteiger partial charge is 0.335 e. The maximum atomic E-state index is 14.0. The highest BCUT2D eigenvalue weighted by atomic mass is 35.5. The van der Waals surface area contributed by atoms with Gasteiger partial charge in [0, 0.05) is 36.8 Å². The van der Waals surface area contributed by atoms with Gasteiger partial charge in [-0.05, 0) is 49.0 Å². The van der Waals surface area contributed by atoms with E-state index in [0.717, 1.165) is 17.1 Å². The van der Waals surface area contributed by atoms with Gasteiger partial charge in [0.1, 0.15) is 5.82 Å². The largest absolute Gasteiger partial charge is 0.364 e. The number of nitrogens with zero attached hydrogens (tertiary/aromatic N) is 3. The number of anilines is 2. The van der Waals surface area contributed by atoms with Crippen LogP contribution in [0.1, 0.15) is 5.56 Å². The molecule has 3 aliphatic rings. The van der Waals surface area contributed by atoms with Gasteiger partial charge in [0.05, 0.1) is 11.7 Å². The van der Waals surface area contributed by atoms with Crippen molar-refractivity contribution in [1.29, 1.82) is 0 Å². The van der Waals surface area contributed by atoms with Gasteiger partial charge in [0.15, 0.2) is 5.41 Å². The van der Waals surface area contributed by atoms with E-state index in [4.69, 9.17) is 11.6 Å². The summed E-state index contributed by atoms with van der Waals surface area (Å²) >= 11 is 6.50. The van der Waals surface area contributed by atoms with Gasteiger partial charge in [-0.1, -0.05) is 17.7 Å². The summed E-state index contributed by atoms with van der Waals surface area (Å²) in [6.07, 6.45) is 0.0760. The average molecular weight is 443 g/mol. The van der Waals surface area contributed by atoms with Crippen LogP contribution in [0.4, 0.5) is 20.6 Å². The van der Waals surface area contributed by atoms with Crippen LogP contribution in [0.2, 0.25) is 5.02 Å². The molecule has 5 rings (SSSR count). The number of amides is 4. The van der Waals surface area contributed by atoms with E-state index in [1.165, 1.54) is 24.3 Å². The van der Waals surface area contributed by atoms with E-state index in [1.807, 2.05) is 19.2 Å². The van der Waals surface area contributed by atoms with Crippen LogP contribution >= 0.6 is 11.6 Å². The van der Waals surface area contributed by atoms with Crippen molar-refractivity contribution in [3.63, 3.8) is 0 Å². The summed E-state index contributed by atoms with van der Waals surface area (Å²) in [6, 6.07) is 9.26. The zero-order valence-electron chi connectivity index (χ0n) is 16.8. The van der Waals surface area contributed by atoms with Crippen LogP contribution in [0, 0.1) is 11.2 Å². The lowest BCUT2D eigenvalue weighted by molar-refractivity contribution is -0.145. The highest BCUT2D eigenvalue weighted by Crippen LogP contribution is 2.47. The number of urea groups is 1. The Balaban J connectivity index is 1.68. The summed E-state index contributed by atoms with van der Waals surface area (Å²) in [6.45, 7) is 1.84. The Kier molecular flexibility index (Phi) is 4.53. The molecule has 3 heterocycles. The number of carbonyl (C=O) groups is 3. The van der Waals surface area contributed by atoms with Crippen molar-refractivity contribution in [2.24, 2.45) is 5.41 Å². The number of hydrogen-bond acceptors (Lipinski definition) is 5. The molecule has 4 amide bonds. The molecule has 1 spiro atoms. The molecular formula is C22H20ClFN4O3. The third kappa shape index (κ3) is 2.85. The molecule has 2 fully saturated rings. The minimum absolute atomic E-state index is 0.0760. The van der Waals surface area contributed by atoms with E-state index in [1.54, 1.807) is 6.07 Å². The van der Waals surface area contributed by atoms with E-state index in [2.05, 4.69) is 15.1 Å². The minimum atomic E-state index is -1.55. The number of halogens is 2. The normalized spacial score (nSPS) is 26.0. The van der Waals surface area contributed by atoms with Gasteiger partial charge in [-0.15, -0.1) is 0 Å². The lowest BCUT2D eigenvalue weighted by Gasteiger charge is -2.55. The van der Waals surface area contributed by atoms with Crippen LogP contribution < -0.4 is 15.1 Å². The fourth-order valence-corrected chi connectivity index (χ4v) is 5.18. The Bertz CT molecular complexity index is 1110. The van der Waals surface area contributed by atoms with Crippen molar-refractivity contribution in [1.82, 2.24) is 10.2 Å². The molecule has 2 aromatic rings. The first-order valence-electron chi connectivity index (χ1n) is 10.0. The quantitative estimate of drug-likeness (QED) is 0.687. The SMILES string of the molecule is CN1CCN2c3cccc(Cl)c3C[C@@]3(C(=O)NC(=O)N(c4ccc(F)cc4)C3=O)[C@H]2C1.